The van der Waals surface area contributed by atoms with Crippen LogP contribution in [0.15, 0.2) is 0 Å². The van der Waals surface area contributed by atoms with E-state index < -0.39 is 0 Å². The second-order valence-electron chi connectivity index (χ2n) is 6.73. The van der Waals surface area contributed by atoms with Gasteiger partial charge in [-0.15, -0.1) is 0 Å². The normalized spacial score (nSPS) is 32.2. The second-order valence-corrected chi connectivity index (χ2v) is 6.73. The van der Waals surface area contributed by atoms with E-state index in [0.717, 1.165) is 18.0 Å². The van der Waals surface area contributed by atoms with Gasteiger partial charge in [-0.05, 0) is 44.7 Å². The van der Waals surface area contributed by atoms with Crippen molar-refractivity contribution >= 4 is 0 Å². The molecule has 2 heterocycles. The number of piperidine rings is 1. The zero-order valence-electron chi connectivity index (χ0n) is 11.9. The summed E-state index contributed by atoms with van der Waals surface area (Å²) in [7, 11) is 0. The molecule has 0 aromatic carbocycles. The van der Waals surface area contributed by atoms with E-state index in [2.05, 4.69) is 22.0 Å². The van der Waals surface area contributed by atoms with Crippen LogP contribution in [-0.2, 0) is 0 Å². The fourth-order valence-electron chi connectivity index (χ4n) is 3.55. The van der Waals surface area contributed by atoms with Crippen LogP contribution in [0.1, 0.15) is 39.0 Å². The van der Waals surface area contributed by atoms with Crippen molar-refractivity contribution in [2.24, 2.45) is 5.92 Å². The van der Waals surface area contributed by atoms with Crippen molar-refractivity contribution < 1.29 is 0 Å². The van der Waals surface area contributed by atoms with Gasteiger partial charge in [-0.2, -0.15) is 0 Å². The van der Waals surface area contributed by atoms with Gasteiger partial charge in [0.2, 0.25) is 0 Å². The van der Waals surface area contributed by atoms with Crippen molar-refractivity contribution in [1.29, 1.82) is 0 Å². The summed E-state index contributed by atoms with van der Waals surface area (Å²) in [5, 5.41) is 3.67. The maximum absolute atomic E-state index is 3.67. The Kier molecular flexibility index (Phi) is 4.22. The first-order valence-corrected chi connectivity index (χ1v) is 8.01. The van der Waals surface area contributed by atoms with Crippen LogP contribution < -0.4 is 5.32 Å². The minimum Gasteiger partial charge on any atom is -0.314 e. The summed E-state index contributed by atoms with van der Waals surface area (Å²) in [6, 6.07) is 1.73. The molecule has 0 aromatic rings. The second kappa shape index (κ2) is 5.89. The van der Waals surface area contributed by atoms with Crippen LogP contribution in [0.5, 0.6) is 0 Å². The number of rotatable bonds is 5. The van der Waals surface area contributed by atoms with Gasteiger partial charge in [0.25, 0.3) is 0 Å². The number of nitrogens with zero attached hydrogens (tertiary/aromatic N) is 2. The summed E-state index contributed by atoms with van der Waals surface area (Å²) < 4.78 is 0. The lowest BCUT2D eigenvalue weighted by Crippen LogP contribution is -2.55. The standard InChI is InChI=1S/C15H29N3/c1-13(10-16-14-5-6-14)11-17-8-9-18-7-3-2-4-15(18)12-17/h13-16H,2-12H2,1H3. The largest absolute Gasteiger partial charge is 0.314 e. The third-order valence-corrected chi connectivity index (χ3v) is 4.82. The first-order valence-electron chi connectivity index (χ1n) is 8.01. The highest BCUT2D eigenvalue weighted by Crippen LogP contribution is 2.22. The van der Waals surface area contributed by atoms with Gasteiger partial charge in [0.1, 0.15) is 0 Å². The number of piperazine rings is 1. The van der Waals surface area contributed by atoms with Crippen LogP contribution in [0.2, 0.25) is 0 Å². The molecule has 104 valence electrons. The van der Waals surface area contributed by atoms with E-state index in [9.17, 15) is 0 Å². The fourth-order valence-corrected chi connectivity index (χ4v) is 3.55. The predicted octanol–water partition coefficient (Wildman–Crippen LogP) is 1.54. The number of nitrogens with one attached hydrogen (secondary N) is 1. The average Bonchev–Trinajstić information content (AvgIpc) is 3.20. The van der Waals surface area contributed by atoms with Gasteiger partial charge < -0.3 is 10.2 Å². The van der Waals surface area contributed by atoms with Crippen LogP contribution >= 0.6 is 0 Å². The Morgan fingerprint density at radius 3 is 2.83 bits per heavy atom. The monoisotopic (exact) mass is 251 g/mol. The van der Waals surface area contributed by atoms with E-state index in [1.807, 2.05) is 0 Å². The molecule has 2 saturated heterocycles. The Morgan fingerprint density at radius 1 is 1.11 bits per heavy atom. The third-order valence-electron chi connectivity index (χ3n) is 4.82. The lowest BCUT2D eigenvalue weighted by Gasteiger charge is -2.44. The Bertz CT molecular complexity index is 264. The average molecular weight is 251 g/mol. The zero-order chi connectivity index (χ0) is 12.4. The van der Waals surface area contributed by atoms with E-state index >= 15 is 0 Å². The summed E-state index contributed by atoms with van der Waals surface area (Å²) in [6.07, 6.45) is 7.14. The van der Waals surface area contributed by atoms with E-state index in [-0.39, 0.29) is 0 Å². The highest BCUT2D eigenvalue weighted by Gasteiger charge is 2.29. The molecular weight excluding hydrogens is 222 g/mol. The van der Waals surface area contributed by atoms with Crippen molar-refractivity contribution in [2.45, 2.75) is 51.1 Å². The predicted molar refractivity (Wildman–Crippen MR) is 75.8 cm³/mol. The first kappa shape index (κ1) is 12.9. The molecule has 0 amide bonds. The van der Waals surface area contributed by atoms with Gasteiger partial charge in [-0.3, -0.25) is 4.90 Å². The van der Waals surface area contributed by atoms with Gasteiger partial charge in [0, 0.05) is 38.3 Å². The zero-order valence-corrected chi connectivity index (χ0v) is 11.9. The van der Waals surface area contributed by atoms with Crippen LogP contribution in [0.3, 0.4) is 0 Å². The van der Waals surface area contributed by atoms with Crippen molar-refractivity contribution in [2.75, 3.05) is 39.3 Å². The van der Waals surface area contributed by atoms with Crippen LogP contribution in [0, 0.1) is 5.92 Å². The summed E-state index contributed by atoms with van der Waals surface area (Å²) in [5.74, 6) is 0.806. The van der Waals surface area contributed by atoms with Gasteiger partial charge in [0.05, 0.1) is 0 Å². The highest BCUT2D eigenvalue weighted by molar-refractivity contribution is 4.86. The van der Waals surface area contributed by atoms with E-state index in [0.29, 0.717) is 0 Å². The molecule has 3 heteroatoms. The van der Waals surface area contributed by atoms with Gasteiger partial charge >= 0.3 is 0 Å². The molecule has 2 aliphatic heterocycles. The fraction of sp³-hybridized carbons (Fsp3) is 1.00. The van der Waals surface area contributed by atoms with E-state index in [1.165, 1.54) is 71.4 Å². The number of hydrogen-bond donors (Lipinski definition) is 1. The molecular formula is C15H29N3. The Morgan fingerprint density at radius 2 is 2.00 bits per heavy atom. The molecule has 1 N–H and O–H groups in total. The minimum atomic E-state index is 0.806. The number of fused-ring (bicyclic) bond motifs is 1. The van der Waals surface area contributed by atoms with Crippen LogP contribution in [0.25, 0.3) is 0 Å². The Hall–Kier alpha value is -0.120. The maximum atomic E-state index is 3.67. The van der Waals surface area contributed by atoms with Gasteiger partial charge in [-0.1, -0.05) is 13.3 Å². The quantitative estimate of drug-likeness (QED) is 0.800. The highest BCUT2D eigenvalue weighted by atomic mass is 15.3. The Labute approximate surface area is 112 Å². The van der Waals surface area contributed by atoms with Crippen LogP contribution in [-0.4, -0.2) is 61.2 Å². The Balaban J connectivity index is 1.39. The molecule has 0 radical (unpaired) electrons. The number of hydrogen-bond acceptors (Lipinski definition) is 3. The molecule has 3 nitrogen and oxygen atoms in total. The molecule has 1 saturated carbocycles. The van der Waals surface area contributed by atoms with Gasteiger partial charge in [0.15, 0.2) is 0 Å². The van der Waals surface area contributed by atoms with E-state index in [1.54, 1.807) is 0 Å². The molecule has 3 aliphatic rings. The summed E-state index contributed by atoms with van der Waals surface area (Å²) in [5.41, 5.74) is 0. The lowest BCUT2D eigenvalue weighted by atomic mass is 9.99. The van der Waals surface area contributed by atoms with Crippen LogP contribution in [0.4, 0.5) is 0 Å². The molecule has 2 atom stereocenters. The van der Waals surface area contributed by atoms with E-state index in [4.69, 9.17) is 0 Å². The minimum absolute atomic E-state index is 0.806. The van der Waals surface area contributed by atoms with Crippen molar-refractivity contribution in [3.05, 3.63) is 0 Å². The summed E-state index contributed by atoms with van der Waals surface area (Å²) >= 11 is 0. The smallest absolute Gasteiger partial charge is 0.0223 e. The summed E-state index contributed by atoms with van der Waals surface area (Å²) in [6.45, 7) is 10.2. The topological polar surface area (TPSA) is 18.5 Å². The molecule has 3 rings (SSSR count). The molecule has 0 aromatic heterocycles. The summed E-state index contributed by atoms with van der Waals surface area (Å²) in [4.78, 5) is 5.44. The third kappa shape index (κ3) is 3.46. The first-order chi connectivity index (χ1) is 8.81. The lowest BCUT2D eigenvalue weighted by molar-refractivity contribution is 0.0429. The molecule has 0 bridgehead atoms. The molecule has 3 fully saturated rings. The molecule has 1 aliphatic carbocycles. The maximum Gasteiger partial charge on any atom is 0.0223 e. The molecule has 2 unspecified atom stereocenters. The SMILES string of the molecule is CC(CNC1CC1)CN1CCN2CCCCC2C1. The molecule has 18 heavy (non-hydrogen) atoms. The van der Waals surface area contributed by atoms with Crippen molar-refractivity contribution in [1.82, 2.24) is 15.1 Å². The molecule has 0 spiro atoms. The van der Waals surface area contributed by atoms with Crippen molar-refractivity contribution in [3.8, 4) is 0 Å². The van der Waals surface area contributed by atoms with Gasteiger partial charge in [-0.25, -0.2) is 0 Å². The van der Waals surface area contributed by atoms with Crippen molar-refractivity contribution in [3.63, 3.8) is 0 Å².